The van der Waals surface area contributed by atoms with Gasteiger partial charge in [0.2, 0.25) is 0 Å². The van der Waals surface area contributed by atoms with Crippen molar-refractivity contribution >= 4 is 23.9 Å². The summed E-state index contributed by atoms with van der Waals surface area (Å²) < 4.78 is 15.4. The molecule has 104 valence electrons. The molecule has 0 unspecified atom stereocenters. The van der Waals surface area contributed by atoms with Gasteiger partial charge in [0.25, 0.3) is 0 Å². The van der Waals surface area contributed by atoms with E-state index in [4.69, 9.17) is 25.8 Å². The van der Waals surface area contributed by atoms with Gasteiger partial charge in [-0.25, -0.2) is 4.79 Å². The second kappa shape index (κ2) is 7.63. The van der Waals surface area contributed by atoms with Crippen LogP contribution in [0.5, 0.6) is 11.5 Å². The zero-order valence-electron chi connectivity index (χ0n) is 10.8. The first-order chi connectivity index (χ1) is 9.12. The van der Waals surface area contributed by atoms with E-state index in [9.17, 15) is 9.59 Å². The Labute approximate surface area is 116 Å². The number of hydrogen-bond acceptors (Lipinski definition) is 5. The van der Waals surface area contributed by atoms with Crippen LogP contribution in [0.1, 0.15) is 24.2 Å². The Hall–Kier alpha value is -1.75. The predicted octanol–water partition coefficient (Wildman–Crippen LogP) is 2.49. The van der Waals surface area contributed by atoms with E-state index in [1.807, 2.05) is 0 Å². The van der Waals surface area contributed by atoms with Crippen LogP contribution in [0, 0.1) is 0 Å². The molecule has 0 fully saturated rings. The largest absolute Gasteiger partial charge is 0.490 e. The van der Waals surface area contributed by atoms with Crippen molar-refractivity contribution in [2.24, 2.45) is 0 Å². The van der Waals surface area contributed by atoms with Gasteiger partial charge in [0.15, 0.2) is 24.4 Å². The highest BCUT2D eigenvalue weighted by Gasteiger charge is 2.12. The summed E-state index contributed by atoms with van der Waals surface area (Å²) in [5.74, 6) is 0.171. The van der Waals surface area contributed by atoms with E-state index >= 15 is 0 Å². The summed E-state index contributed by atoms with van der Waals surface area (Å²) in [5.41, 5.74) is 0.300. The summed E-state index contributed by atoms with van der Waals surface area (Å²) in [7, 11) is 0. The molecule has 0 N–H and O–H groups in total. The van der Waals surface area contributed by atoms with Gasteiger partial charge in [-0.15, -0.1) is 0 Å². The molecule has 0 radical (unpaired) electrons. The van der Waals surface area contributed by atoms with Crippen LogP contribution in [-0.2, 0) is 9.53 Å². The monoisotopic (exact) mass is 286 g/mol. The standard InChI is InChI=1S/C13H15ClO5/c1-3-17-11-5-9(7-15)10(14)6-12(11)19-8-13(16)18-4-2/h5-7H,3-4,8H2,1-2H3. The van der Waals surface area contributed by atoms with Gasteiger partial charge in [-0.2, -0.15) is 0 Å². The van der Waals surface area contributed by atoms with Crippen molar-refractivity contribution in [2.45, 2.75) is 13.8 Å². The van der Waals surface area contributed by atoms with Gasteiger partial charge in [0.1, 0.15) is 0 Å². The van der Waals surface area contributed by atoms with E-state index in [1.54, 1.807) is 13.8 Å². The molecule has 0 amide bonds. The second-order valence-electron chi connectivity index (χ2n) is 3.47. The van der Waals surface area contributed by atoms with Crippen molar-refractivity contribution in [3.63, 3.8) is 0 Å². The van der Waals surface area contributed by atoms with E-state index in [2.05, 4.69) is 0 Å². The SMILES string of the molecule is CCOC(=O)COc1cc(Cl)c(C=O)cc1OCC. The second-order valence-corrected chi connectivity index (χ2v) is 3.87. The molecule has 1 aromatic carbocycles. The van der Waals surface area contributed by atoms with Crippen molar-refractivity contribution in [3.8, 4) is 11.5 Å². The third kappa shape index (κ3) is 4.44. The zero-order chi connectivity index (χ0) is 14.3. The van der Waals surface area contributed by atoms with E-state index in [0.717, 1.165) is 0 Å². The molecule has 0 aliphatic carbocycles. The number of benzene rings is 1. The molecule has 0 saturated carbocycles. The third-order valence-electron chi connectivity index (χ3n) is 2.14. The van der Waals surface area contributed by atoms with Crippen LogP contribution in [0.4, 0.5) is 0 Å². The van der Waals surface area contributed by atoms with Crippen LogP contribution >= 0.6 is 11.6 Å². The lowest BCUT2D eigenvalue weighted by Crippen LogP contribution is -2.15. The van der Waals surface area contributed by atoms with Gasteiger partial charge in [-0.05, 0) is 19.9 Å². The maximum atomic E-state index is 11.2. The summed E-state index contributed by atoms with van der Waals surface area (Å²) in [6.07, 6.45) is 0.625. The van der Waals surface area contributed by atoms with Crippen molar-refractivity contribution in [2.75, 3.05) is 19.8 Å². The van der Waals surface area contributed by atoms with Gasteiger partial charge in [0, 0.05) is 11.6 Å². The summed E-state index contributed by atoms with van der Waals surface area (Å²) >= 11 is 5.90. The average Bonchev–Trinajstić information content (AvgIpc) is 2.39. The molecular weight excluding hydrogens is 272 g/mol. The Morgan fingerprint density at radius 2 is 1.89 bits per heavy atom. The lowest BCUT2D eigenvalue weighted by Gasteiger charge is -2.12. The number of rotatable bonds is 7. The zero-order valence-corrected chi connectivity index (χ0v) is 11.5. The van der Waals surface area contributed by atoms with Crippen LogP contribution in [0.2, 0.25) is 5.02 Å². The predicted molar refractivity (Wildman–Crippen MR) is 70.1 cm³/mol. The fraction of sp³-hybridized carbons (Fsp3) is 0.385. The Bertz CT molecular complexity index is 459. The van der Waals surface area contributed by atoms with E-state index in [-0.39, 0.29) is 18.2 Å². The first-order valence-electron chi connectivity index (χ1n) is 5.82. The van der Waals surface area contributed by atoms with Crippen molar-refractivity contribution in [3.05, 3.63) is 22.7 Å². The number of aldehydes is 1. The summed E-state index contributed by atoms with van der Waals surface area (Å²) in [4.78, 5) is 22.0. The van der Waals surface area contributed by atoms with Crippen molar-refractivity contribution in [1.82, 2.24) is 0 Å². The number of halogens is 1. The molecule has 6 heteroatoms. The van der Waals surface area contributed by atoms with Crippen molar-refractivity contribution in [1.29, 1.82) is 0 Å². The summed E-state index contributed by atoms with van der Waals surface area (Å²) in [6.45, 7) is 3.94. The minimum absolute atomic E-state index is 0.234. The van der Waals surface area contributed by atoms with Crippen molar-refractivity contribution < 1.29 is 23.8 Å². The van der Waals surface area contributed by atoms with Crippen LogP contribution < -0.4 is 9.47 Å². The normalized spacial score (nSPS) is 9.84. The maximum Gasteiger partial charge on any atom is 0.344 e. The summed E-state index contributed by atoms with van der Waals surface area (Å²) in [5, 5.41) is 0.234. The third-order valence-corrected chi connectivity index (χ3v) is 2.47. The lowest BCUT2D eigenvalue weighted by molar-refractivity contribution is -0.145. The molecule has 0 spiro atoms. The molecule has 1 aromatic rings. The molecule has 0 heterocycles. The lowest BCUT2D eigenvalue weighted by atomic mass is 10.2. The molecule has 5 nitrogen and oxygen atoms in total. The van der Waals surface area contributed by atoms with Crippen LogP contribution in [0.15, 0.2) is 12.1 Å². The topological polar surface area (TPSA) is 61.8 Å². The van der Waals surface area contributed by atoms with Crippen LogP contribution in [0.3, 0.4) is 0 Å². The maximum absolute atomic E-state index is 11.2. The highest BCUT2D eigenvalue weighted by molar-refractivity contribution is 6.33. The van der Waals surface area contributed by atoms with Gasteiger partial charge in [-0.3, -0.25) is 4.79 Å². The number of carbonyl (C=O) groups is 2. The Balaban J connectivity index is 2.88. The van der Waals surface area contributed by atoms with E-state index < -0.39 is 5.97 Å². The molecule has 0 bridgehead atoms. The van der Waals surface area contributed by atoms with E-state index in [0.29, 0.717) is 30.0 Å². The minimum atomic E-state index is -0.486. The van der Waals surface area contributed by atoms with Gasteiger partial charge in [-0.1, -0.05) is 11.6 Å². The Kier molecular flexibility index (Phi) is 6.15. The first-order valence-corrected chi connectivity index (χ1v) is 6.20. The fourth-order valence-electron chi connectivity index (χ4n) is 1.36. The quantitative estimate of drug-likeness (QED) is 0.569. The molecular formula is C13H15ClO5. The molecule has 19 heavy (non-hydrogen) atoms. The Morgan fingerprint density at radius 3 is 2.47 bits per heavy atom. The smallest absolute Gasteiger partial charge is 0.344 e. The van der Waals surface area contributed by atoms with Gasteiger partial charge < -0.3 is 14.2 Å². The highest BCUT2D eigenvalue weighted by Crippen LogP contribution is 2.33. The molecule has 0 atom stereocenters. The molecule has 1 rings (SSSR count). The molecule has 0 saturated heterocycles. The van der Waals surface area contributed by atoms with Crippen LogP contribution in [-0.4, -0.2) is 32.1 Å². The van der Waals surface area contributed by atoms with E-state index in [1.165, 1.54) is 12.1 Å². The minimum Gasteiger partial charge on any atom is -0.490 e. The summed E-state index contributed by atoms with van der Waals surface area (Å²) in [6, 6.07) is 2.91. The van der Waals surface area contributed by atoms with Gasteiger partial charge in [0.05, 0.1) is 18.2 Å². The number of hydrogen-bond donors (Lipinski definition) is 0. The number of ether oxygens (including phenoxy) is 3. The highest BCUT2D eigenvalue weighted by atomic mass is 35.5. The number of esters is 1. The molecule has 0 aliphatic rings. The van der Waals surface area contributed by atoms with Gasteiger partial charge >= 0.3 is 5.97 Å². The molecule has 0 aromatic heterocycles. The fourth-order valence-corrected chi connectivity index (χ4v) is 1.56. The Morgan fingerprint density at radius 1 is 1.21 bits per heavy atom. The molecule has 0 aliphatic heterocycles. The first kappa shape index (κ1) is 15.3. The van der Waals surface area contributed by atoms with Crippen LogP contribution in [0.25, 0.3) is 0 Å². The number of carbonyl (C=O) groups excluding carboxylic acids is 2. The average molecular weight is 287 g/mol.